The second kappa shape index (κ2) is 7.86. The molecule has 28 heavy (non-hydrogen) atoms. The van der Waals surface area contributed by atoms with Crippen LogP contribution < -0.4 is 10.1 Å². The zero-order chi connectivity index (χ0) is 19.7. The zero-order valence-electron chi connectivity index (χ0n) is 15.3. The quantitative estimate of drug-likeness (QED) is 0.605. The van der Waals surface area contributed by atoms with Gasteiger partial charge >= 0.3 is 0 Å². The second-order valence-electron chi connectivity index (χ2n) is 5.92. The van der Waals surface area contributed by atoms with Crippen LogP contribution in [0.25, 0.3) is 16.6 Å². The van der Waals surface area contributed by atoms with E-state index in [0.717, 1.165) is 32.6 Å². The van der Waals surface area contributed by atoms with Crippen LogP contribution in [0, 0.1) is 13.8 Å². The number of nitrogens with zero attached hydrogens (tertiary/aromatic N) is 3. The Morgan fingerprint density at radius 2 is 1.96 bits per heavy atom. The number of carbonyl (C=O) groups excluding carboxylic acids is 1. The maximum atomic E-state index is 12.2. The molecule has 0 radical (unpaired) electrons. The molecule has 1 amide bonds. The van der Waals surface area contributed by atoms with Crippen molar-refractivity contribution in [3.8, 4) is 16.3 Å². The third-order valence-electron chi connectivity index (χ3n) is 3.89. The number of thiazole rings is 2. The van der Waals surface area contributed by atoms with Crippen molar-refractivity contribution in [2.75, 3.05) is 7.11 Å². The van der Waals surface area contributed by atoms with Gasteiger partial charge in [0.2, 0.25) is 5.13 Å². The first-order valence-corrected chi connectivity index (χ1v) is 10.9. The molecule has 1 aromatic carbocycles. The monoisotopic (exact) mass is 428 g/mol. The molecule has 0 unspecified atom stereocenters. The molecule has 1 saturated heterocycles. The van der Waals surface area contributed by atoms with Crippen molar-refractivity contribution < 1.29 is 9.53 Å². The summed E-state index contributed by atoms with van der Waals surface area (Å²) in [6.45, 7) is 3.96. The molecule has 0 bridgehead atoms. The predicted octanol–water partition coefficient (Wildman–Crippen LogP) is 4.78. The van der Waals surface area contributed by atoms with Crippen LogP contribution >= 0.6 is 34.4 Å². The lowest BCUT2D eigenvalue weighted by molar-refractivity contribution is -0.115. The van der Waals surface area contributed by atoms with E-state index < -0.39 is 0 Å². The molecule has 9 heteroatoms. The minimum atomic E-state index is -0.162. The van der Waals surface area contributed by atoms with E-state index in [-0.39, 0.29) is 5.91 Å². The van der Waals surface area contributed by atoms with Crippen molar-refractivity contribution in [1.82, 2.24) is 15.3 Å². The highest BCUT2D eigenvalue weighted by molar-refractivity contribution is 8.18. The highest BCUT2D eigenvalue weighted by Gasteiger charge is 2.24. The van der Waals surface area contributed by atoms with Crippen molar-refractivity contribution in [3.63, 3.8) is 0 Å². The van der Waals surface area contributed by atoms with Gasteiger partial charge in [-0.15, -0.1) is 22.7 Å². The standard InChI is InChI=1S/C19H16N4O2S3/c1-10-16(27-11(2)20-10)14-9-26-18(21-14)23-19-22-17(24)15(28-19)8-12-4-6-13(25-3)7-5-12/h4-9H,1-3H3,(H,21,22,23,24)/b15-8-. The summed E-state index contributed by atoms with van der Waals surface area (Å²) in [5, 5.41) is 6.91. The first-order chi connectivity index (χ1) is 13.5. The van der Waals surface area contributed by atoms with Crippen molar-refractivity contribution in [1.29, 1.82) is 0 Å². The largest absolute Gasteiger partial charge is 0.497 e. The van der Waals surface area contributed by atoms with Crippen molar-refractivity contribution >= 4 is 56.7 Å². The van der Waals surface area contributed by atoms with Gasteiger partial charge in [0.05, 0.1) is 33.3 Å². The van der Waals surface area contributed by atoms with Gasteiger partial charge in [0, 0.05) is 5.38 Å². The van der Waals surface area contributed by atoms with E-state index in [1.54, 1.807) is 18.4 Å². The molecule has 4 rings (SSSR count). The first-order valence-electron chi connectivity index (χ1n) is 8.35. The lowest BCUT2D eigenvalue weighted by Gasteiger charge is -1.99. The van der Waals surface area contributed by atoms with E-state index in [2.05, 4.69) is 20.3 Å². The Kier molecular flexibility index (Phi) is 5.29. The highest BCUT2D eigenvalue weighted by atomic mass is 32.2. The van der Waals surface area contributed by atoms with Crippen molar-refractivity contribution in [3.05, 3.63) is 50.8 Å². The maximum Gasteiger partial charge on any atom is 0.264 e. The summed E-state index contributed by atoms with van der Waals surface area (Å²) in [5.74, 6) is 0.615. The van der Waals surface area contributed by atoms with Crippen LogP contribution in [0.5, 0.6) is 5.75 Å². The molecule has 6 nitrogen and oxygen atoms in total. The zero-order valence-corrected chi connectivity index (χ0v) is 17.8. The minimum absolute atomic E-state index is 0.162. The predicted molar refractivity (Wildman–Crippen MR) is 116 cm³/mol. The highest BCUT2D eigenvalue weighted by Crippen LogP contribution is 2.34. The Morgan fingerprint density at radius 1 is 1.18 bits per heavy atom. The fourth-order valence-electron chi connectivity index (χ4n) is 2.61. The average Bonchev–Trinajstić information content (AvgIpc) is 3.36. The lowest BCUT2D eigenvalue weighted by Crippen LogP contribution is -2.19. The lowest BCUT2D eigenvalue weighted by atomic mass is 10.2. The number of aryl methyl sites for hydroxylation is 2. The van der Waals surface area contributed by atoms with Crippen LogP contribution in [-0.4, -0.2) is 28.2 Å². The van der Waals surface area contributed by atoms with Gasteiger partial charge in [-0.3, -0.25) is 4.79 Å². The molecular weight excluding hydrogens is 412 g/mol. The van der Waals surface area contributed by atoms with Crippen LogP contribution in [0.15, 0.2) is 39.5 Å². The van der Waals surface area contributed by atoms with Gasteiger partial charge in [-0.2, -0.15) is 4.99 Å². The Hall–Kier alpha value is -2.49. The number of rotatable bonds is 4. The summed E-state index contributed by atoms with van der Waals surface area (Å²) >= 11 is 4.37. The van der Waals surface area contributed by atoms with E-state index in [1.165, 1.54) is 23.1 Å². The maximum absolute atomic E-state index is 12.2. The van der Waals surface area contributed by atoms with Gasteiger partial charge in [0.1, 0.15) is 5.75 Å². The summed E-state index contributed by atoms with van der Waals surface area (Å²) in [7, 11) is 1.62. The number of amidine groups is 1. The second-order valence-corrected chi connectivity index (χ2v) is 8.99. The summed E-state index contributed by atoms with van der Waals surface area (Å²) in [6.07, 6.45) is 1.83. The molecule has 0 saturated carbocycles. The number of methoxy groups -OCH3 is 1. The Balaban J connectivity index is 1.53. The van der Waals surface area contributed by atoms with Gasteiger partial charge in [-0.25, -0.2) is 9.97 Å². The number of nitrogens with one attached hydrogen (secondary N) is 1. The Bertz CT molecular complexity index is 1100. The van der Waals surface area contributed by atoms with Gasteiger partial charge in [-0.05, 0) is 49.4 Å². The first kappa shape index (κ1) is 18.9. The summed E-state index contributed by atoms with van der Waals surface area (Å²) < 4.78 is 5.15. The molecule has 2 aromatic heterocycles. The number of aromatic nitrogens is 2. The summed E-state index contributed by atoms with van der Waals surface area (Å²) in [5.41, 5.74) is 2.77. The number of amides is 1. The van der Waals surface area contributed by atoms with Gasteiger partial charge < -0.3 is 10.1 Å². The van der Waals surface area contributed by atoms with Crippen LogP contribution in [0.3, 0.4) is 0 Å². The molecule has 3 aromatic rings. The summed E-state index contributed by atoms with van der Waals surface area (Å²) in [4.78, 5) is 27.4. The number of ether oxygens (including phenoxy) is 1. The molecule has 0 spiro atoms. The molecule has 1 aliphatic heterocycles. The normalized spacial score (nSPS) is 16.8. The third-order valence-corrected chi connectivity index (χ3v) is 6.63. The SMILES string of the molecule is COc1ccc(/C=C2\S/C(=N/c3nc(-c4sc(C)nc4C)cs3)NC2=O)cc1. The van der Waals surface area contributed by atoms with Gasteiger partial charge in [-0.1, -0.05) is 12.1 Å². The number of hydrogen-bond acceptors (Lipinski definition) is 8. The van der Waals surface area contributed by atoms with Gasteiger partial charge in [0.15, 0.2) is 5.17 Å². The molecular formula is C19H16N4O2S3. The van der Waals surface area contributed by atoms with E-state index in [9.17, 15) is 4.79 Å². The number of benzene rings is 1. The fourth-order valence-corrected chi connectivity index (χ4v) is 5.13. The van der Waals surface area contributed by atoms with Crippen molar-refractivity contribution in [2.45, 2.75) is 13.8 Å². The van der Waals surface area contributed by atoms with Crippen LogP contribution in [-0.2, 0) is 4.79 Å². The Labute approximate surface area is 174 Å². The molecule has 0 aliphatic carbocycles. The van der Waals surface area contributed by atoms with Crippen LogP contribution in [0.1, 0.15) is 16.3 Å². The molecule has 1 fully saturated rings. The van der Waals surface area contributed by atoms with Crippen molar-refractivity contribution in [2.24, 2.45) is 4.99 Å². The fraction of sp³-hybridized carbons (Fsp3) is 0.158. The number of thioether (sulfide) groups is 1. The van der Waals surface area contributed by atoms with Crippen LogP contribution in [0.4, 0.5) is 5.13 Å². The molecule has 142 valence electrons. The Morgan fingerprint density at radius 3 is 2.64 bits per heavy atom. The average molecular weight is 429 g/mol. The number of carbonyl (C=O) groups is 1. The van der Waals surface area contributed by atoms with E-state index in [0.29, 0.717) is 15.2 Å². The third kappa shape index (κ3) is 4.01. The molecule has 1 N–H and O–H groups in total. The summed E-state index contributed by atoms with van der Waals surface area (Å²) in [6, 6.07) is 7.53. The molecule has 3 heterocycles. The molecule has 0 atom stereocenters. The van der Waals surface area contributed by atoms with E-state index >= 15 is 0 Å². The topological polar surface area (TPSA) is 76.5 Å². The van der Waals surface area contributed by atoms with Gasteiger partial charge in [0.25, 0.3) is 5.91 Å². The molecule has 1 aliphatic rings. The number of aliphatic imine (C=N–C) groups is 1. The minimum Gasteiger partial charge on any atom is -0.497 e. The van der Waals surface area contributed by atoms with E-state index in [1.807, 2.05) is 49.6 Å². The number of hydrogen-bond donors (Lipinski definition) is 1. The van der Waals surface area contributed by atoms with Crippen LogP contribution in [0.2, 0.25) is 0 Å². The van der Waals surface area contributed by atoms with E-state index in [4.69, 9.17) is 4.74 Å². The smallest absolute Gasteiger partial charge is 0.264 e.